The summed E-state index contributed by atoms with van der Waals surface area (Å²) >= 11 is 0. The molecule has 0 spiro atoms. The minimum absolute atomic E-state index is 0.388. The summed E-state index contributed by atoms with van der Waals surface area (Å²) in [6, 6.07) is 4.05. The third kappa shape index (κ3) is 4.69. The Balaban J connectivity index is 2.83. The van der Waals surface area contributed by atoms with Gasteiger partial charge in [-0.2, -0.15) is 16.8 Å². The molecule has 0 radical (unpaired) electrons. The molecule has 1 rings (SSSR count). The molecule has 0 unspecified atom stereocenters. The van der Waals surface area contributed by atoms with Crippen molar-refractivity contribution in [3.8, 4) is 5.88 Å². The minimum Gasteiger partial charge on any atom is -0.340 e. The van der Waals surface area contributed by atoms with Crippen molar-refractivity contribution in [3.63, 3.8) is 0 Å². The van der Waals surface area contributed by atoms with E-state index in [9.17, 15) is 16.8 Å². The van der Waals surface area contributed by atoms with E-state index in [-0.39, 0.29) is 5.88 Å². The fourth-order valence-corrected chi connectivity index (χ4v) is 1.88. The molecule has 0 saturated heterocycles. The maximum Gasteiger partial charge on any atom is 0.467 e. The van der Waals surface area contributed by atoms with Gasteiger partial charge in [0.15, 0.2) is 0 Å². The van der Waals surface area contributed by atoms with Crippen LogP contribution in [0.4, 0.5) is 0 Å². The second-order valence-corrected chi connectivity index (χ2v) is 4.54. The largest absolute Gasteiger partial charge is 0.467 e. The van der Waals surface area contributed by atoms with Crippen LogP contribution in [0.25, 0.3) is 0 Å². The van der Waals surface area contributed by atoms with Crippen LogP contribution in [-0.2, 0) is 24.4 Å². The Kier molecular flexibility index (Phi) is 3.24. The number of hydrogen-bond donors (Lipinski definition) is 1. The molecule has 0 saturated carbocycles. The molecule has 8 nitrogen and oxygen atoms in total. The molecule has 0 atom stereocenters. The van der Waals surface area contributed by atoms with E-state index in [1.54, 1.807) is 0 Å². The van der Waals surface area contributed by atoms with Crippen molar-refractivity contribution in [3.05, 3.63) is 24.4 Å². The first kappa shape index (κ1) is 11.8. The molecule has 0 bridgehead atoms. The predicted molar refractivity (Wildman–Crippen MR) is 46.4 cm³/mol. The van der Waals surface area contributed by atoms with Crippen LogP contribution in [-0.4, -0.2) is 26.4 Å². The van der Waals surface area contributed by atoms with Gasteiger partial charge in [-0.3, -0.25) is 4.55 Å². The lowest BCUT2D eigenvalue weighted by Crippen LogP contribution is -2.18. The highest BCUT2D eigenvalue weighted by molar-refractivity contribution is 7.95. The van der Waals surface area contributed by atoms with E-state index >= 15 is 0 Å². The fourth-order valence-electron chi connectivity index (χ4n) is 0.620. The lowest BCUT2D eigenvalue weighted by Gasteiger charge is -2.02. The molecule has 84 valence electrons. The van der Waals surface area contributed by atoms with Gasteiger partial charge >= 0.3 is 20.8 Å². The Bertz CT molecular complexity index is 520. The number of pyridine rings is 1. The molecule has 0 aliphatic rings. The molecule has 0 aliphatic carbocycles. The van der Waals surface area contributed by atoms with Crippen molar-refractivity contribution in [2.45, 2.75) is 0 Å². The summed E-state index contributed by atoms with van der Waals surface area (Å²) in [5.41, 5.74) is 0. The smallest absolute Gasteiger partial charge is 0.340 e. The van der Waals surface area contributed by atoms with Gasteiger partial charge in [-0.05, 0) is 6.07 Å². The van der Waals surface area contributed by atoms with E-state index in [0.717, 1.165) is 6.07 Å². The zero-order chi connectivity index (χ0) is 11.5. The Hall–Kier alpha value is -1.23. The van der Waals surface area contributed by atoms with E-state index in [0.29, 0.717) is 0 Å². The van der Waals surface area contributed by atoms with Gasteiger partial charge in [0.25, 0.3) is 0 Å². The molecule has 1 aromatic rings. The molecule has 0 amide bonds. The maximum atomic E-state index is 10.8. The van der Waals surface area contributed by atoms with Crippen molar-refractivity contribution in [2.75, 3.05) is 0 Å². The summed E-state index contributed by atoms with van der Waals surface area (Å²) in [7, 11) is -10.0. The number of nitrogens with zero attached hydrogens (tertiary/aromatic N) is 1. The fraction of sp³-hybridized carbons (Fsp3) is 0. The Labute approximate surface area is 85.8 Å². The standard InChI is InChI=1S/C5H5NO7S2/c7-14(8,9)13-15(10,11)12-5-3-1-2-4-6-5/h1-4H,(H,7,8,9). The SMILES string of the molecule is O=S(=O)(O)OS(=O)(=O)Oc1ccccn1. The average molecular weight is 255 g/mol. The first-order valence-corrected chi connectivity index (χ1v) is 6.02. The highest BCUT2D eigenvalue weighted by atomic mass is 32.3. The van der Waals surface area contributed by atoms with Crippen LogP contribution in [0.3, 0.4) is 0 Å². The van der Waals surface area contributed by atoms with Gasteiger partial charge in [0, 0.05) is 12.3 Å². The molecule has 10 heteroatoms. The highest BCUT2D eigenvalue weighted by Crippen LogP contribution is 2.09. The Morgan fingerprint density at radius 2 is 1.87 bits per heavy atom. The van der Waals surface area contributed by atoms with E-state index in [1.165, 1.54) is 18.3 Å². The van der Waals surface area contributed by atoms with Crippen LogP contribution in [0.2, 0.25) is 0 Å². The van der Waals surface area contributed by atoms with Crippen LogP contribution in [0, 0.1) is 0 Å². The average Bonchev–Trinajstić information content (AvgIpc) is 1.99. The van der Waals surface area contributed by atoms with Crippen LogP contribution < -0.4 is 4.18 Å². The molecule has 1 N–H and O–H groups in total. The third-order valence-corrected chi connectivity index (χ3v) is 2.72. The minimum atomic E-state index is -5.14. The topological polar surface area (TPSA) is 120 Å². The molecule has 1 aromatic heterocycles. The number of hydrogen-bond acceptors (Lipinski definition) is 7. The molecular formula is C5H5NO7S2. The van der Waals surface area contributed by atoms with Gasteiger partial charge in [-0.25, -0.2) is 4.98 Å². The van der Waals surface area contributed by atoms with Crippen molar-refractivity contribution < 1.29 is 29.2 Å². The zero-order valence-corrected chi connectivity index (χ0v) is 8.60. The van der Waals surface area contributed by atoms with E-state index in [1.807, 2.05) is 0 Å². The van der Waals surface area contributed by atoms with E-state index in [2.05, 4.69) is 12.8 Å². The summed E-state index contributed by atoms with van der Waals surface area (Å²) in [4.78, 5) is 3.44. The van der Waals surface area contributed by atoms with Crippen molar-refractivity contribution >= 4 is 20.8 Å². The second-order valence-electron chi connectivity index (χ2n) is 2.16. The van der Waals surface area contributed by atoms with Gasteiger partial charge in [-0.1, -0.05) is 9.70 Å². The summed E-state index contributed by atoms with van der Waals surface area (Å²) < 4.78 is 57.2. The van der Waals surface area contributed by atoms with E-state index < -0.39 is 20.8 Å². The summed E-state index contributed by atoms with van der Waals surface area (Å²) in [6.45, 7) is 0. The monoisotopic (exact) mass is 255 g/mol. The van der Waals surface area contributed by atoms with Gasteiger partial charge < -0.3 is 4.18 Å². The van der Waals surface area contributed by atoms with Crippen LogP contribution in [0.1, 0.15) is 0 Å². The predicted octanol–water partition coefficient (Wildman–Crippen LogP) is -0.475. The van der Waals surface area contributed by atoms with Crippen molar-refractivity contribution in [2.24, 2.45) is 0 Å². The first-order valence-electron chi connectivity index (χ1n) is 3.32. The van der Waals surface area contributed by atoms with Gasteiger partial charge in [0.2, 0.25) is 5.88 Å². The first-order chi connectivity index (χ1) is 6.79. The molecule has 0 aromatic carbocycles. The molecular weight excluding hydrogens is 250 g/mol. The van der Waals surface area contributed by atoms with Crippen molar-refractivity contribution in [1.82, 2.24) is 4.98 Å². The zero-order valence-electron chi connectivity index (χ0n) is 6.97. The van der Waals surface area contributed by atoms with Crippen LogP contribution in [0.15, 0.2) is 24.4 Å². The second kappa shape index (κ2) is 4.10. The molecule has 1 heterocycles. The van der Waals surface area contributed by atoms with Crippen LogP contribution >= 0.6 is 0 Å². The third-order valence-electron chi connectivity index (χ3n) is 0.995. The number of aromatic nitrogens is 1. The van der Waals surface area contributed by atoms with Gasteiger partial charge in [-0.15, -0.1) is 0 Å². The molecule has 0 fully saturated rings. The Morgan fingerprint density at radius 1 is 1.20 bits per heavy atom. The van der Waals surface area contributed by atoms with Crippen molar-refractivity contribution in [1.29, 1.82) is 0 Å². The Morgan fingerprint density at radius 3 is 2.33 bits per heavy atom. The highest BCUT2D eigenvalue weighted by Gasteiger charge is 2.23. The van der Waals surface area contributed by atoms with E-state index in [4.69, 9.17) is 4.55 Å². The van der Waals surface area contributed by atoms with Gasteiger partial charge in [0.1, 0.15) is 0 Å². The number of rotatable bonds is 4. The normalized spacial score (nSPS) is 12.3. The lowest BCUT2D eigenvalue weighted by molar-refractivity contribution is 0.345. The summed E-state index contributed by atoms with van der Waals surface area (Å²) in [5, 5.41) is 0. The van der Waals surface area contributed by atoms with Crippen LogP contribution in [0.5, 0.6) is 5.88 Å². The van der Waals surface area contributed by atoms with Gasteiger partial charge in [0.05, 0.1) is 0 Å². The quantitative estimate of drug-likeness (QED) is 0.716. The summed E-state index contributed by atoms with van der Waals surface area (Å²) in [6.07, 6.45) is 1.22. The molecule has 15 heavy (non-hydrogen) atoms. The molecule has 0 aliphatic heterocycles. The maximum absolute atomic E-state index is 10.8. The summed E-state index contributed by atoms with van der Waals surface area (Å²) in [5.74, 6) is -0.388. The lowest BCUT2D eigenvalue weighted by atomic mass is 10.5.